The first-order chi connectivity index (χ1) is 13.0. The number of rotatable bonds is 4. The quantitative estimate of drug-likeness (QED) is 0.349. The molecule has 3 rings (SSSR count). The molecular weight excluding hydrogens is 449 g/mol. The fraction of sp³-hybridized carbons (Fsp3) is 0.200. The van der Waals surface area contributed by atoms with Crippen molar-refractivity contribution in [3.8, 4) is 5.69 Å². The Bertz CT molecular complexity index is 946. The van der Waals surface area contributed by atoms with Crippen molar-refractivity contribution in [1.82, 2.24) is 14.6 Å². The number of hydroxylamine groups is 1. The number of amides is 1. The van der Waals surface area contributed by atoms with Gasteiger partial charge in [-0.25, -0.2) is 10.3 Å². The van der Waals surface area contributed by atoms with E-state index in [1.54, 1.807) is 46.7 Å². The molecule has 0 saturated carbocycles. The number of benzene rings is 2. The number of aromatic nitrogens is 2. The molecule has 1 amide bonds. The fourth-order valence-corrected chi connectivity index (χ4v) is 2.48. The zero-order valence-electron chi connectivity index (χ0n) is 15.6. The molecule has 0 aliphatic carbocycles. The molecular formula is C20H23N3O3Sn. The van der Waals surface area contributed by atoms with Crippen LogP contribution in [-0.4, -0.2) is 41.4 Å². The second-order valence-corrected chi connectivity index (χ2v) is 8.91. The number of hydrogen-bond donors (Lipinski definition) is 2. The van der Waals surface area contributed by atoms with Gasteiger partial charge in [0.15, 0.2) is 0 Å². The monoisotopic (exact) mass is 473 g/mol. The number of carbonyl (C=O) groups excluding carboxylic acids is 1. The summed E-state index contributed by atoms with van der Waals surface area (Å²) in [5, 5.41) is 8.72. The van der Waals surface area contributed by atoms with Gasteiger partial charge in [0.2, 0.25) is 0 Å². The summed E-state index contributed by atoms with van der Waals surface area (Å²) in [6.07, 6.45) is 3.37. The Balaban J connectivity index is 0.000000817. The van der Waals surface area contributed by atoms with Crippen molar-refractivity contribution in [3.05, 3.63) is 88.1 Å². The van der Waals surface area contributed by atoms with E-state index in [0.29, 0.717) is 12.2 Å². The predicted molar refractivity (Wildman–Crippen MR) is 107 cm³/mol. The zero-order valence-corrected chi connectivity index (χ0v) is 18.5. The molecule has 27 heavy (non-hydrogen) atoms. The van der Waals surface area contributed by atoms with Gasteiger partial charge in [-0.05, 0) is 30.7 Å². The van der Waals surface area contributed by atoms with Gasteiger partial charge in [-0.15, -0.1) is 0 Å². The third kappa shape index (κ3) is 5.57. The summed E-state index contributed by atoms with van der Waals surface area (Å²) in [5.41, 5.74) is 4.42. The second kappa shape index (κ2) is 10.1. The average molecular weight is 472 g/mol. The molecule has 0 atom stereocenters. The van der Waals surface area contributed by atoms with Gasteiger partial charge in [0.1, 0.15) is 0 Å². The normalized spacial score (nSPS) is 10.1. The third-order valence-corrected chi connectivity index (χ3v) is 3.81. The van der Waals surface area contributed by atoms with E-state index in [4.69, 9.17) is 5.21 Å². The number of hydrogen-bond acceptors (Lipinski definition) is 3. The van der Waals surface area contributed by atoms with Gasteiger partial charge in [-0.3, -0.25) is 19.1 Å². The molecule has 0 fully saturated rings. The Morgan fingerprint density at radius 2 is 1.78 bits per heavy atom. The van der Waals surface area contributed by atoms with Crippen LogP contribution in [-0.2, 0) is 6.54 Å². The van der Waals surface area contributed by atoms with Gasteiger partial charge >= 0.3 is 36.7 Å². The van der Waals surface area contributed by atoms with Crippen LogP contribution in [0.4, 0.5) is 0 Å². The van der Waals surface area contributed by atoms with Gasteiger partial charge in [-0.2, -0.15) is 0 Å². The zero-order chi connectivity index (χ0) is 19.8. The van der Waals surface area contributed by atoms with Crippen molar-refractivity contribution in [2.45, 2.75) is 23.3 Å². The average Bonchev–Trinajstić information content (AvgIpc) is 3.04. The van der Waals surface area contributed by atoms with Gasteiger partial charge in [0.25, 0.3) is 5.91 Å². The SMILES string of the molecule is Cc1ccc(Cn2ccn(-c3cccc(C(=O)NO)c3)c2=O)cc1.[CH3][Sn][CH3]. The molecule has 6 nitrogen and oxygen atoms in total. The van der Waals surface area contributed by atoms with Crippen molar-refractivity contribution < 1.29 is 10.0 Å². The van der Waals surface area contributed by atoms with Crippen LogP contribution in [0.25, 0.3) is 5.69 Å². The number of aryl methyl sites for hydroxylation is 1. The van der Waals surface area contributed by atoms with Crippen molar-refractivity contribution in [3.63, 3.8) is 0 Å². The maximum absolute atomic E-state index is 12.6. The van der Waals surface area contributed by atoms with Crippen molar-refractivity contribution in [2.75, 3.05) is 0 Å². The van der Waals surface area contributed by atoms with E-state index in [1.807, 2.05) is 31.2 Å². The third-order valence-electron chi connectivity index (χ3n) is 3.81. The first-order valence-corrected chi connectivity index (χ1v) is 14.2. The Morgan fingerprint density at radius 3 is 2.41 bits per heavy atom. The van der Waals surface area contributed by atoms with Crippen LogP contribution in [0.3, 0.4) is 0 Å². The molecule has 0 aliphatic heterocycles. The Hall–Kier alpha value is -2.32. The minimum absolute atomic E-state index is 0.197. The molecule has 2 aromatic carbocycles. The molecule has 140 valence electrons. The van der Waals surface area contributed by atoms with Crippen LogP contribution < -0.4 is 11.2 Å². The van der Waals surface area contributed by atoms with Crippen LogP contribution in [0.5, 0.6) is 0 Å². The van der Waals surface area contributed by atoms with E-state index >= 15 is 0 Å². The molecule has 7 heteroatoms. The maximum atomic E-state index is 12.6. The first kappa shape index (κ1) is 21.0. The molecule has 2 N–H and O–H groups in total. The number of nitrogens with zero attached hydrogens (tertiary/aromatic N) is 2. The molecule has 0 saturated heterocycles. The molecule has 3 aromatic rings. The topological polar surface area (TPSA) is 76.3 Å². The molecule has 1 heterocycles. The van der Waals surface area contributed by atoms with Crippen molar-refractivity contribution in [2.24, 2.45) is 0 Å². The Labute approximate surface area is 168 Å². The summed E-state index contributed by atoms with van der Waals surface area (Å²) >= 11 is 0.230. The standard InChI is InChI=1S/C18H17N3O3.2CH3.Sn/c1-13-5-7-14(8-6-13)12-20-9-10-21(18(20)23)16-4-2-3-15(11-16)17(22)19-24;;;/h2-11,24H,12H2,1H3,(H,19,22);2*1H3;. The summed E-state index contributed by atoms with van der Waals surface area (Å²) in [7, 11) is 0. The molecule has 1 aromatic heterocycles. The molecule has 0 spiro atoms. The first-order valence-electron chi connectivity index (χ1n) is 8.46. The summed E-state index contributed by atoms with van der Waals surface area (Å²) in [4.78, 5) is 28.7. The van der Waals surface area contributed by atoms with E-state index in [0.717, 1.165) is 5.56 Å². The number of imidazole rings is 1. The molecule has 2 radical (unpaired) electrons. The second-order valence-electron chi connectivity index (χ2n) is 6.06. The molecule has 0 aliphatic rings. The molecule has 0 unspecified atom stereocenters. The minimum atomic E-state index is -0.621. The van der Waals surface area contributed by atoms with Crippen LogP contribution in [0.2, 0.25) is 9.88 Å². The van der Waals surface area contributed by atoms with E-state index in [1.165, 1.54) is 10.1 Å². The number of nitrogens with one attached hydrogen (secondary N) is 1. The van der Waals surface area contributed by atoms with Crippen molar-refractivity contribution >= 4 is 27.0 Å². The van der Waals surface area contributed by atoms with Crippen LogP contribution in [0, 0.1) is 6.92 Å². The van der Waals surface area contributed by atoms with Gasteiger partial charge < -0.3 is 0 Å². The van der Waals surface area contributed by atoms with E-state index in [-0.39, 0.29) is 32.4 Å². The predicted octanol–water partition coefficient (Wildman–Crippen LogP) is 2.90. The summed E-state index contributed by atoms with van der Waals surface area (Å²) in [6, 6.07) is 14.5. The van der Waals surface area contributed by atoms with Gasteiger partial charge in [-0.1, -0.05) is 35.9 Å². The van der Waals surface area contributed by atoms with Gasteiger partial charge in [0, 0.05) is 18.0 Å². The van der Waals surface area contributed by atoms with Crippen molar-refractivity contribution in [1.29, 1.82) is 0 Å². The summed E-state index contributed by atoms with van der Waals surface area (Å²) in [5.74, 6) is -0.621. The summed E-state index contributed by atoms with van der Waals surface area (Å²) in [6.45, 7) is 2.49. The summed E-state index contributed by atoms with van der Waals surface area (Å²) < 4.78 is 3.06. The Kier molecular flexibility index (Phi) is 7.87. The fourth-order valence-electron chi connectivity index (χ4n) is 2.48. The van der Waals surface area contributed by atoms with E-state index < -0.39 is 5.91 Å². The number of carbonyl (C=O) groups is 1. The van der Waals surface area contributed by atoms with Crippen LogP contribution >= 0.6 is 0 Å². The van der Waals surface area contributed by atoms with Crippen LogP contribution in [0.1, 0.15) is 21.5 Å². The Morgan fingerprint density at radius 1 is 1.11 bits per heavy atom. The van der Waals surface area contributed by atoms with Gasteiger partial charge in [0.05, 0.1) is 12.2 Å². The molecule has 0 bridgehead atoms. The van der Waals surface area contributed by atoms with E-state index in [9.17, 15) is 9.59 Å². The van der Waals surface area contributed by atoms with Crippen LogP contribution in [0.15, 0.2) is 65.7 Å². The van der Waals surface area contributed by atoms with E-state index in [2.05, 4.69) is 9.88 Å².